The third kappa shape index (κ3) is 4.77. The molecule has 0 saturated carbocycles. The molecular weight excluding hydrogens is 460 g/mol. The number of non-ortho nitro benzene ring substituents is 1. The van der Waals surface area contributed by atoms with E-state index in [0.717, 1.165) is 5.69 Å². The first-order valence-corrected chi connectivity index (χ1v) is 10.8. The summed E-state index contributed by atoms with van der Waals surface area (Å²) < 4.78 is 7.73. The Morgan fingerprint density at radius 2 is 1.69 bits per heavy atom. The second kappa shape index (κ2) is 9.85. The fourth-order valence-corrected chi connectivity index (χ4v) is 3.48. The predicted molar refractivity (Wildman–Crippen MR) is 133 cm³/mol. The van der Waals surface area contributed by atoms with Crippen LogP contribution in [0.3, 0.4) is 0 Å². The van der Waals surface area contributed by atoms with E-state index in [1.807, 2.05) is 30.3 Å². The minimum Gasteiger partial charge on any atom is -0.454 e. The molecule has 0 radical (unpaired) electrons. The molecule has 0 aliphatic heterocycles. The fraction of sp³-hybridized carbons (Fsp3) is 0. The Balaban J connectivity index is 1.46. The van der Waals surface area contributed by atoms with Gasteiger partial charge in [0.15, 0.2) is 5.76 Å². The number of hydrogen-bond acceptors (Lipinski definition) is 7. The summed E-state index contributed by atoms with van der Waals surface area (Å²) in [5.41, 5.74) is 5.57. The van der Waals surface area contributed by atoms with E-state index in [-0.39, 0.29) is 11.6 Å². The molecule has 0 aliphatic carbocycles. The highest BCUT2D eigenvalue weighted by atomic mass is 16.6. The minimum atomic E-state index is -0.452. The van der Waals surface area contributed by atoms with Gasteiger partial charge >= 0.3 is 0 Å². The second-order valence-corrected chi connectivity index (χ2v) is 7.62. The highest BCUT2D eigenvalue weighted by Gasteiger charge is 2.16. The lowest BCUT2D eigenvalue weighted by atomic mass is 10.1. The summed E-state index contributed by atoms with van der Waals surface area (Å²) in [4.78, 5) is 26.7. The van der Waals surface area contributed by atoms with E-state index in [1.165, 1.54) is 30.7 Å². The first-order valence-electron chi connectivity index (χ1n) is 10.8. The molecule has 0 unspecified atom stereocenters. The molecule has 1 N–H and O–H groups in total. The molecule has 10 heteroatoms. The van der Waals surface area contributed by atoms with Gasteiger partial charge in [-0.3, -0.25) is 19.9 Å². The smallest absolute Gasteiger partial charge is 0.271 e. The van der Waals surface area contributed by atoms with Gasteiger partial charge in [-0.1, -0.05) is 18.2 Å². The van der Waals surface area contributed by atoms with Crippen LogP contribution in [0.5, 0.6) is 0 Å². The summed E-state index contributed by atoms with van der Waals surface area (Å²) in [6, 6.07) is 22.3. The number of amides is 1. The molecular formula is C26H18N6O4. The van der Waals surface area contributed by atoms with Crippen LogP contribution in [-0.4, -0.2) is 31.8 Å². The number of carbonyl (C=O) groups excluding carboxylic acids is 1. The van der Waals surface area contributed by atoms with Crippen LogP contribution in [0.4, 0.5) is 5.69 Å². The number of nitrogens with zero attached hydrogens (tertiary/aromatic N) is 5. The molecule has 1 amide bonds. The normalized spacial score (nSPS) is 11.0. The zero-order chi connectivity index (χ0) is 24.9. The maximum atomic E-state index is 12.3. The van der Waals surface area contributed by atoms with Crippen molar-refractivity contribution in [1.82, 2.24) is 20.2 Å². The van der Waals surface area contributed by atoms with Gasteiger partial charge in [0.05, 0.1) is 16.8 Å². The van der Waals surface area contributed by atoms with Gasteiger partial charge in [-0.05, 0) is 48.5 Å². The Kier molecular flexibility index (Phi) is 6.14. The van der Waals surface area contributed by atoms with Gasteiger partial charge in [-0.25, -0.2) is 10.1 Å². The fourth-order valence-electron chi connectivity index (χ4n) is 3.48. The number of pyridine rings is 1. The number of nitrogens with one attached hydrogen (secondary N) is 1. The maximum Gasteiger partial charge on any atom is 0.271 e. The summed E-state index contributed by atoms with van der Waals surface area (Å²) in [6.07, 6.45) is 6.33. The number of rotatable bonds is 7. The number of nitro benzene ring substituents is 1. The molecule has 10 nitrogen and oxygen atoms in total. The van der Waals surface area contributed by atoms with E-state index in [9.17, 15) is 14.9 Å². The first-order chi connectivity index (χ1) is 17.6. The average molecular weight is 478 g/mol. The molecule has 0 spiro atoms. The second-order valence-electron chi connectivity index (χ2n) is 7.62. The van der Waals surface area contributed by atoms with Gasteiger partial charge in [0.2, 0.25) is 0 Å². The third-order valence-electron chi connectivity index (χ3n) is 5.28. The number of hydrogen-bond donors (Lipinski definition) is 1. The van der Waals surface area contributed by atoms with E-state index in [1.54, 1.807) is 47.3 Å². The Hall–Kier alpha value is -5.38. The van der Waals surface area contributed by atoms with E-state index < -0.39 is 4.92 Å². The molecule has 36 heavy (non-hydrogen) atoms. The van der Waals surface area contributed by atoms with Crippen molar-refractivity contribution in [3.05, 3.63) is 119 Å². The quantitative estimate of drug-likeness (QED) is 0.202. The number of para-hydroxylation sites is 1. The van der Waals surface area contributed by atoms with Crippen LogP contribution in [0, 0.1) is 10.1 Å². The van der Waals surface area contributed by atoms with Crippen LogP contribution < -0.4 is 5.43 Å². The lowest BCUT2D eigenvalue weighted by Crippen LogP contribution is -2.17. The Labute approximate surface area is 204 Å². The molecule has 0 bridgehead atoms. The van der Waals surface area contributed by atoms with Crippen LogP contribution in [0.2, 0.25) is 0 Å². The van der Waals surface area contributed by atoms with Gasteiger partial charge in [-0.15, -0.1) is 0 Å². The lowest BCUT2D eigenvalue weighted by Gasteiger charge is -1.99. The van der Waals surface area contributed by atoms with Crippen molar-refractivity contribution in [1.29, 1.82) is 0 Å². The van der Waals surface area contributed by atoms with Crippen molar-refractivity contribution < 1.29 is 14.1 Å². The van der Waals surface area contributed by atoms with Gasteiger partial charge < -0.3 is 4.42 Å². The molecule has 0 atom stereocenters. The number of hydrazone groups is 1. The molecule has 0 fully saturated rings. The van der Waals surface area contributed by atoms with Crippen molar-refractivity contribution in [3.63, 3.8) is 0 Å². The molecule has 3 heterocycles. The third-order valence-corrected chi connectivity index (χ3v) is 5.28. The molecule has 176 valence electrons. The number of benzene rings is 2. The number of nitro groups is 1. The summed E-state index contributed by atoms with van der Waals surface area (Å²) in [5, 5.41) is 19.7. The van der Waals surface area contributed by atoms with Crippen LogP contribution in [-0.2, 0) is 0 Å². The van der Waals surface area contributed by atoms with Gasteiger partial charge in [-0.2, -0.15) is 10.2 Å². The zero-order valence-electron chi connectivity index (χ0n) is 18.7. The minimum absolute atomic E-state index is 0.000514. The van der Waals surface area contributed by atoms with Crippen LogP contribution in [0.25, 0.3) is 28.5 Å². The Morgan fingerprint density at radius 3 is 2.42 bits per heavy atom. The number of aromatic nitrogens is 3. The summed E-state index contributed by atoms with van der Waals surface area (Å²) in [7, 11) is 0. The number of carbonyl (C=O) groups is 1. The average Bonchev–Trinajstić information content (AvgIpc) is 3.57. The van der Waals surface area contributed by atoms with E-state index in [2.05, 4.69) is 20.6 Å². The molecule has 3 aromatic heterocycles. The molecule has 5 rings (SSSR count). The summed E-state index contributed by atoms with van der Waals surface area (Å²) in [6.45, 7) is 0. The Morgan fingerprint density at radius 1 is 0.972 bits per heavy atom. The van der Waals surface area contributed by atoms with E-state index >= 15 is 0 Å². The predicted octanol–water partition coefficient (Wildman–Crippen LogP) is 4.87. The van der Waals surface area contributed by atoms with Crippen molar-refractivity contribution in [2.45, 2.75) is 0 Å². The van der Waals surface area contributed by atoms with E-state index in [4.69, 9.17) is 4.42 Å². The van der Waals surface area contributed by atoms with Gasteiger partial charge in [0.25, 0.3) is 11.6 Å². The topological polar surface area (TPSA) is 128 Å². The summed E-state index contributed by atoms with van der Waals surface area (Å²) in [5.74, 6) is 0.632. The molecule has 0 aliphatic rings. The SMILES string of the molecule is O=C(N/N=C/c1cn(-c2ccccc2)nc1-c1ccc(-c2ccc([N+](=O)[O-])cc2)o1)c1ccncc1. The standard InChI is InChI=1S/C26H18N6O4/c33-26(19-12-14-27-15-13-19)29-28-16-20-17-31(21-4-2-1-3-5-21)30-25(20)24-11-10-23(36-24)18-6-8-22(9-7-18)32(34)35/h1-17H,(H,29,33)/b28-16+. The molecule has 2 aromatic carbocycles. The zero-order valence-corrected chi connectivity index (χ0v) is 18.7. The highest BCUT2D eigenvalue weighted by molar-refractivity contribution is 5.95. The van der Waals surface area contributed by atoms with E-state index in [0.29, 0.717) is 33.9 Å². The van der Waals surface area contributed by atoms with Gasteiger partial charge in [0, 0.05) is 47.4 Å². The largest absolute Gasteiger partial charge is 0.454 e. The van der Waals surface area contributed by atoms with Gasteiger partial charge in [0.1, 0.15) is 11.5 Å². The maximum absolute atomic E-state index is 12.3. The first kappa shape index (κ1) is 22.4. The molecule has 5 aromatic rings. The van der Waals surface area contributed by atoms with Crippen molar-refractivity contribution in [3.8, 4) is 28.5 Å². The molecule has 0 saturated heterocycles. The monoisotopic (exact) mass is 478 g/mol. The highest BCUT2D eigenvalue weighted by Crippen LogP contribution is 2.30. The lowest BCUT2D eigenvalue weighted by molar-refractivity contribution is -0.384. The van der Waals surface area contributed by atoms with Crippen LogP contribution in [0.15, 0.2) is 107 Å². The number of furan rings is 1. The van der Waals surface area contributed by atoms with Crippen LogP contribution >= 0.6 is 0 Å². The van der Waals surface area contributed by atoms with Crippen molar-refractivity contribution >= 4 is 17.8 Å². The van der Waals surface area contributed by atoms with Crippen molar-refractivity contribution in [2.75, 3.05) is 0 Å². The Bertz CT molecular complexity index is 1540. The van der Waals surface area contributed by atoms with Crippen LogP contribution in [0.1, 0.15) is 15.9 Å². The van der Waals surface area contributed by atoms with Crippen molar-refractivity contribution in [2.24, 2.45) is 5.10 Å². The summed E-state index contributed by atoms with van der Waals surface area (Å²) >= 11 is 0.